The molecule has 0 unspecified atom stereocenters. The molecule has 0 saturated heterocycles. The zero-order chi connectivity index (χ0) is 20.0. The molecule has 1 heterocycles. The lowest BCUT2D eigenvalue weighted by Crippen LogP contribution is -2.23. The first-order chi connectivity index (χ1) is 12.5. The van der Waals surface area contributed by atoms with Gasteiger partial charge in [-0.15, -0.1) is 12.4 Å². The Morgan fingerprint density at radius 2 is 1.86 bits per heavy atom. The van der Waals surface area contributed by atoms with Gasteiger partial charge < -0.3 is 15.3 Å². The van der Waals surface area contributed by atoms with Gasteiger partial charge in [0.2, 0.25) is 0 Å². The number of halogens is 1. The summed E-state index contributed by atoms with van der Waals surface area (Å²) in [6.45, 7) is -5.35. The SMILES string of the molecule is Cl.[2H]C([2H])(NC)C([2H])([2H])C([2H])([2H])N1c2ccccc2CCc2cc(O)ccc21. The monoisotopic (exact) mass is 324 g/mol. The molecule has 0 amide bonds. The van der Waals surface area contributed by atoms with Crippen molar-refractivity contribution in [3.63, 3.8) is 0 Å². The highest BCUT2D eigenvalue weighted by molar-refractivity contribution is 5.85. The Balaban J connectivity index is 0.00000280. The van der Waals surface area contributed by atoms with Gasteiger partial charge in [-0.2, -0.15) is 0 Å². The van der Waals surface area contributed by atoms with E-state index in [-0.39, 0.29) is 18.2 Å². The summed E-state index contributed by atoms with van der Waals surface area (Å²) in [5, 5.41) is 12.1. The molecule has 22 heavy (non-hydrogen) atoms. The van der Waals surface area contributed by atoms with Crippen LogP contribution in [0.15, 0.2) is 42.5 Å². The van der Waals surface area contributed by atoms with E-state index in [1.54, 1.807) is 24.3 Å². The number of aryl methyl sites for hydroxylation is 2. The van der Waals surface area contributed by atoms with Crippen LogP contribution in [0.5, 0.6) is 5.75 Å². The van der Waals surface area contributed by atoms with Crippen molar-refractivity contribution in [2.24, 2.45) is 0 Å². The Kier molecular flexibility index (Phi) is 3.47. The molecule has 0 aliphatic carbocycles. The molecule has 3 rings (SSSR count). The third-order valence-electron chi connectivity index (χ3n) is 3.56. The van der Waals surface area contributed by atoms with Crippen LogP contribution in [-0.2, 0) is 12.8 Å². The Hall–Kier alpha value is -1.71. The molecule has 0 saturated carbocycles. The molecule has 1 aliphatic heterocycles. The standard InChI is InChI=1S/C18H22N2O.ClH/c1-19-11-4-12-20-17-6-3-2-5-14(17)7-8-15-13-16(21)9-10-18(15)20;/h2-3,5-6,9-10,13,19,21H,4,7-8,11-12H2,1H3;1H/i4D2,11D2,12D2;. The topological polar surface area (TPSA) is 35.5 Å². The highest BCUT2D eigenvalue weighted by atomic mass is 35.5. The molecule has 118 valence electrons. The average Bonchev–Trinajstić information content (AvgIpc) is 2.78. The van der Waals surface area contributed by atoms with E-state index in [4.69, 9.17) is 8.22 Å². The van der Waals surface area contributed by atoms with Crippen LogP contribution < -0.4 is 10.2 Å². The lowest BCUT2D eigenvalue weighted by atomic mass is 10.0. The maximum absolute atomic E-state index is 9.86. The van der Waals surface area contributed by atoms with Gasteiger partial charge in [-0.05, 0) is 68.2 Å². The van der Waals surface area contributed by atoms with Crippen molar-refractivity contribution >= 4 is 23.8 Å². The van der Waals surface area contributed by atoms with Gasteiger partial charge in [0.1, 0.15) is 5.75 Å². The van der Waals surface area contributed by atoms with Crippen molar-refractivity contribution in [1.29, 1.82) is 0 Å². The first kappa shape index (κ1) is 10.1. The molecule has 2 aromatic carbocycles. The Bertz CT molecular complexity index is 862. The van der Waals surface area contributed by atoms with E-state index in [2.05, 4.69) is 5.32 Å². The molecule has 3 nitrogen and oxygen atoms in total. The Morgan fingerprint density at radius 3 is 2.68 bits per heavy atom. The predicted octanol–water partition coefficient (Wildman–Crippen LogP) is 3.66. The van der Waals surface area contributed by atoms with E-state index in [1.165, 1.54) is 18.0 Å². The first-order valence-corrected chi connectivity index (χ1v) is 6.92. The number of phenols is 1. The molecule has 0 atom stereocenters. The minimum absolute atomic E-state index is 0. The number of para-hydroxylation sites is 1. The van der Waals surface area contributed by atoms with Gasteiger partial charge in [0.15, 0.2) is 0 Å². The third kappa shape index (κ3) is 3.37. The molecule has 0 spiro atoms. The second-order valence-electron chi connectivity index (χ2n) is 4.89. The number of fused-ring (bicyclic) bond motifs is 2. The molecule has 0 radical (unpaired) electrons. The summed E-state index contributed by atoms with van der Waals surface area (Å²) in [6.07, 6.45) is -1.75. The van der Waals surface area contributed by atoms with Crippen LogP contribution in [0.25, 0.3) is 0 Å². The zero-order valence-corrected chi connectivity index (χ0v) is 13.1. The lowest BCUT2D eigenvalue weighted by molar-refractivity contribution is 0.474. The van der Waals surface area contributed by atoms with Gasteiger partial charge in [-0.1, -0.05) is 18.2 Å². The molecule has 0 bridgehead atoms. The molecule has 2 N–H and O–H groups in total. The highest BCUT2D eigenvalue weighted by Crippen LogP contribution is 2.37. The van der Waals surface area contributed by atoms with Crippen molar-refractivity contribution in [2.75, 3.05) is 24.9 Å². The molecular formula is C18H23ClN2O. The molecule has 0 fully saturated rings. The average molecular weight is 325 g/mol. The van der Waals surface area contributed by atoms with E-state index in [0.29, 0.717) is 29.8 Å². The van der Waals surface area contributed by atoms with Gasteiger partial charge in [-0.25, -0.2) is 0 Å². The minimum Gasteiger partial charge on any atom is -0.508 e. The van der Waals surface area contributed by atoms with Crippen LogP contribution in [0.1, 0.15) is 25.7 Å². The fraction of sp³-hybridized carbons (Fsp3) is 0.333. The normalized spacial score (nSPS) is 18.9. The van der Waals surface area contributed by atoms with Gasteiger partial charge in [0, 0.05) is 26.1 Å². The van der Waals surface area contributed by atoms with Crippen molar-refractivity contribution in [3.8, 4) is 5.75 Å². The summed E-state index contributed by atoms with van der Waals surface area (Å²) >= 11 is 0. The maximum Gasteiger partial charge on any atom is 0.116 e. The summed E-state index contributed by atoms with van der Waals surface area (Å²) in [5.74, 6) is 0.0498. The van der Waals surface area contributed by atoms with Crippen LogP contribution in [0.4, 0.5) is 11.4 Å². The van der Waals surface area contributed by atoms with E-state index in [1.807, 2.05) is 12.1 Å². The van der Waals surface area contributed by atoms with E-state index in [0.717, 1.165) is 5.56 Å². The highest BCUT2D eigenvalue weighted by Gasteiger charge is 2.20. The number of phenolic OH excluding ortho intramolecular Hbond substituents is 1. The van der Waals surface area contributed by atoms with Crippen LogP contribution in [0, 0.1) is 0 Å². The summed E-state index contributed by atoms with van der Waals surface area (Å²) in [7, 11) is 1.26. The summed E-state index contributed by atoms with van der Waals surface area (Å²) in [4.78, 5) is 1.22. The van der Waals surface area contributed by atoms with Crippen LogP contribution in [0.2, 0.25) is 0 Å². The number of aromatic hydroxyl groups is 1. The lowest BCUT2D eigenvalue weighted by Gasteiger charge is -2.27. The van der Waals surface area contributed by atoms with Crippen molar-refractivity contribution in [3.05, 3.63) is 53.6 Å². The second-order valence-corrected chi connectivity index (χ2v) is 4.89. The van der Waals surface area contributed by atoms with Crippen LogP contribution in [-0.4, -0.2) is 25.1 Å². The summed E-state index contributed by atoms with van der Waals surface area (Å²) in [5.41, 5.74) is 2.41. The number of hydrogen-bond donors (Lipinski definition) is 2. The largest absolute Gasteiger partial charge is 0.508 e. The van der Waals surface area contributed by atoms with Gasteiger partial charge >= 0.3 is 0 Å². The number of nitrogens with zero attached hydrogens (tertiary/aromatic N) is 1. The zero-order valence-electron chi connectivity index (χ0n) is 18.3. The van der Waals surface area contributed by atoms with E-state index < -0.39 is 19.4 Å². The predicted molar refractivity (Wildman–Crippen MR) is 94.8 cm³/mol. The number of benzene rings is 2. The van der Waals surface area contributed by atoms with Gasteiger partial charge in [0.05, 0.1) is 0 Å². The number of anilines is 2. The number of nitrogens with one attached hydrogen (secondary N) is 1. The smallest absolute Gasteiger partial charge is 0.116 e. The van der Waals surface area contributed by atoms with Crippen LogP contribution >= 0.6 is 12.4 Å². The van der Waals surface area contributed by atoms with Crippen LogP contribution in [0.3, 0.4) is 0 Å². The quantitative estimate of drug-likeness (QED) is 0.901. The first-order valence-electron chi connectivity index (χ1n) is 9.92. The van der Waals surface area contributed by atoms with Gasteiger partial charge in [0.25, 0.3) is 0 Å². The van der Waals surface area contributed by atoms with Crippen molar-refractivity contribution in [2.45, 2.75) is 19.2 Å². The molecule has 1 aliphatic rings. The summed E-state index contributed by atoms with van der Waals surface area (Å²) in [6, 6.07) is 11.7. The molecular weight excluding hydrogens is 296 g/mol. The Morgan fingerprint density at radius 1 is 1.14 bits per heavy atom. The maximum atomic E-state index is 9.86. The minimum atomic E-state index is -2.90. The van der Waals surface area contributed by atoms with Crippen molar-refractivity contribution < 1.29 is 13.3 Å². The van der Waals surface area contributed by atoms with Gasteiger partial charge in [-0.3, -0.25) is 0 Å². The second kappa shape index (κ2) is 7.52. The molecule has 2 aromatic rings. The van der Waals surface area contributed by atoms with Crippen molar-refractivity contribution in [1.82, 2.24) is 5.32 Å². The van der Waals surface area contributed by atoms with E-state index >= 15 is 0 Å². The Labute approximate surface area is 146 Å². The van der Waals surface area contributed by atoms with E-state index in [9.17, 15) is 5.11 Å². The fourth-order valence-electron chi connectivity index (χ4n) is 2.60. The third-order valence-corrected chi connectivity index (χ3v) is 3.56. The number of rotatable bonds is 4. The molecule has 4 heteroatoms. The summed E-state index contributed by atoms with van der Waals surface area (Å²) < 4.78 is 50.0. The number of hydrogen-bond acceptors (Lipinski definition) is 3. The fourth-order valence-corrected chi connectivity index (χ4v) is 2.60. The molecule has 0 aromatic heterocycles.